The summed E-state index contributed by atoms with van der Waals surface area (Å²) in [7, 11) is 2.71. The SMILES string of the molecule is CC[C@@H](C)Oc1ccc(/C=C2/NC(=O)N(CC(=O)OC)C2=O)cc1OC. The highest BCUT2D eigenvalue weighted by Gasteiger charge is 2.35. The van der Waals surface area contributed by atoms with Gasteiger partial charge in [0.05, 0.1) is 20.3 Å². The number of benzene rings is 1. The Morgan fingerprint density at radius 2 is 2.00 bits per heavy atom. The molecule has 3 amide bonds. The first-order valence-electron chi connectivity index (χ1n) is 8.15. The fourth-order valence-corrected chi connectivity index (χ4v) is 2.25. The minimum Gasteiger partial charge on any atom is -0.493 e. The first-order valence-corrected chi connectivity index (χ1v) is 8.15. The molecule has 0 saturated carbocycles. The molecular weight excluding hydrogens is 340 g/mol. The molecule has 1 N–H and O–H groups in total. The lowest BCUT2D eigenvalue weighted by Gasteiger charge is -2.15. The second-order valence-corrected chi connectivity index (χ2v) is 5.70. The van der Waals surface area contributed by atoms with E-state index < -0.39 is 24.5 Å². The number of carbonyl (C=O) groups excluding carboxylic acids is 3. The Labute approximate surface area is 151 Å². The molecule has 0 spiro atoms. The first kappa shape index (κ1) is 19.3. The highest BCUT2D eigenvalue weighted by Crippen LogP contribution is 2.30. The number of imide groups is 1. The maximum atomic E-state index is 12.3. The number of rotatable bonds is 7. The molecule has 2 rings (SSSR count). The van der Waals surface area contributed by atoms with Crippen LogP contribution in [0.2, 0.25) is 0 Å². The standard InChI is InChI=1S/C18H22N2O6/c1-5-11(2)26-14-7-6-12(9-15(14)24-3)8-13-17(22)20(18(23)19-13)10-16(21)25-4/h6-9,11H,5,10H2,1-4H3,(H,19,23)/b13-8+/t11-/m1/s1. The molecule has 0 unspecified atom stereocenters. The Morgan fingerprint density at radius 3 is 2.62 bits per heavy atom. The molecular formula is C18H22N2O6. The smallest absolute Gasteiger partial charge is 0.329 e. The number of nitrogens with one attached hydrogen (secondary N) is 1. The molecule has 1 aromatic carbocycles. The zero-order valence-electron chi connectivity index (χ0n) is 15.2. The summed E-state index contributed by atoms with van der Waals surface area (Å²) >= 11 is 0. The number of carbonyl (C=O) groups is 3. The largest absolute Gasteiger partial charge is 0.493 e. The quantitative estimate of drug-likeness (QED) is 0.453. The summed E-state index contributed by atoms with van der Waals surface area (Å²) in [6.45, 7) is 3.53. The minimum absolute atomic E-state index is 0.0377. The van der Waals surface area contributed by atoms with E-state index in [1.807, 2.05) is 13.8 Å². The van der Waals surface area contributed by atoms with E-state index in [1.165, 1.54) is 20.3 Å². The predicted molar refractivity (Wildman–Crippen MR) is 93.6 cm³/mol. The van der Waals surface area contributed by atoms with E-state index in [0.29, 0.717) is 17.1 Å². The van der Waals surface area contributed by atoms with Crippen LogP contribution < -0.4 is 14.8 Å². The van der Waals surface area contributed by atoms with Gasteiger partial charge in [0, 0.05) is 0 Å². The molecule has 26 heavy (non-hydrogen) atoms. The average molecular weight is 362 g/mol. The Morgan fingerprint density at radius 1 is 1.27 bits per heavy atom. The summed E-state index contributed by atoms with van der Waals surface area (Å²) in [4.78, 5) is 36.3. The van der Waals surface area contributed by atoms with Gasteiger partial charge in [0.1, 0.15) is 12.2 Å². The summed E-state index contributed by atoms with van der Waals surface area (Å²) < 4.78 is 15.6. The number of esters is 1. The van der Waals surface area contributed by atoms with Gasteiger partial charge < -0.3 is 19.5 Å². The van der Waals surface area contributed by atoms with Gasteiger partial charge in [-0.05, 0) is 37.1 Å². The summed E-state index contributed by atoms with van der Waals surface area (Å²) in [6.07, 6.45) is 2.40. The van der Waals surface area contributed by atoms with Crippen LogP contribution in [0.4, 0.5) is 4.79 Å². The molecule has 0 radical (unpaired) electrons. The van der Waals surface area contributed by atoms with Crippen molar-refractivity contribution in [2.75, 3.05) is 20.8 Å². The highest BCUT2D eigenvalue weighted by atomic mass is 16.5. The molecule has 1 atom stereocenters. The van der Waals surface area contributed by atoms with Crippen LogP contribution in [0.1, 0.15) is 25.8 Å². The monoisotopic (exact) mass is 362 g/mol. The molecule has 1 aromatic rings. The maximum Gasteiger partial charge on any atom is 0.329 e. The summed E-state index contributed by atoms with van der Waals surface area (Å²) in [6, 6.07) is 4.52. The van der Waals surface area contributed by atoms with E-state index >= 15 is 0 Å². The first-order chi connectivity index (χ1) is 12.4. The molecule has 1 heterocycles. The Bertz CT molecular complexity index is 743. The lowest BCUT2D eigenvalue weighted by atomic mass is 10.1. The van der Waals surface area contributed by atoms with Crippen molar-refractivity contribution in [3.63, 3.8) is 0 Å². The topological polar surface area (TPSA) is 94.2 Å². The molecule has 1 aliphatic rings. The Balaban J connectivity index is 2.22. The van der Waals surface area contributed by atoms with Crippen LogP contribution in [0.3, 0.4) is 0 Å². The third-order valence-corrected chi connectivity index (χ3v) is 3.88. The van der Waals surface area contributed by atoms with Crippen molar-refractivity contribution in [2.24, 2.45) is 0 Å². The summed E-state index contributed by atoms with van der Waals surface area (Å²) in [5.41, 5.74) is 0.707. The zero-order chi connectivity index (χ0) is 19.3. The second-order valence-electron chi connectivity index (χ2n) is 5.70. The number of nitrogens with zero attached hydrogens (tertiary/aromatic N) is 1. The lowest BCUT2D eigenvalue weighted by Crippen LogP contribution is -2.36. The fourth-order valence-electron chi connectivity index (χ4n) is 2.25. The van der Waals surface area contributed by atoms with Gasteiger partial charge >= 0.3 is 12.0 Å². The molecule has 0 aromatic heterocycles. The number of methoxy groups -OCH3 is 2. The van der Waals surface area contributed by atoms with E-state index in [9.17, 15) is 14.4 Å². The van der Waals surface area contributed by atoms with Crippen LogP contribution in [0.25, 0.3) is 6.08 Å². The summed E-state index contributed by atoms with van der Waals surface area (Å²) in [5.74, 6) is -0.164. The number of ether oxygens (including phenoxy) is 3. The number of hydrogen-bond acceptors (Lipinski definition) is 6. The van der Waals surface area contributed by atoms with Crippen LogP contribution in [0.5, 0.6) is 11.5 Å². The van der Waals surface area contributed by atoms with E-state index in [-0.39, 0.29) is 11.8 Å². The molecule has 1 fully saturated rings. The van der Waals surface area contributed by atoms with Crippen LogP contribution in [0.15, 0.2) is 23.9 Å². The van der Waals surface area contributed by atoms with Crippen molar-refractivity contribution >= 4 is 24.0 Å². The van der Waals surface area contributed by atoms with Gasteiger partial charge in [0.2, 0.25) is 0 Å². The molecule has 8 heteroatoms. The van der Waals surface area contributed by atoms with Crippen molar-refractivity contribution in [3.8, 4) is 11.5 Å². The number of urea groups is 1. The molecule has 140 valence electrons. The molecule has 1 saturated heterocycles. The van der Waals surface area contributed by atoms with Crippen molar-refractivity contribution in [1.82, 2.24) is 10.2 Å². The minimum atomic E-state index is -0.678. The zero-order valence-corrected chi connectivity index (χ0v) is 15.2. The fraction of sp³-hybridized carbons (Fsp3) is 0.389. The lowest BCUT2D eigenvalue weighted by molar-refractivity contribution is -0.143. The van der Waals surface area contributed by atoms with Gasteiger partial charge in [-0.3, -0.25) is 9.59 Å². The third kappa shape index (κ3) is 4.33. The van der Waals surface area contributed by atoms with E-state index in [4.69, 9.17) is 9.47 Å². The van der Waals surface area contributed by atoms with Crippen molar-refractivity contribution in [2.45, 2.75) is 26.4 Å². The van der Waals surface area contributed by atoms with Gasteiger partial charge in [-0.25, -0.2) is 9.69 Å². The van der Waals surface area contributed by atoms with Crippen molar-refractivity contribution < 1.29 is 28.6 Å². The Hall–Kier alpha value is -3.03. The third-order valence-electron chi connectivity index (χ3n) is 3.88. The van der Waals surface area contributed by atoms with Gasteiger partial charge in [-0.2, -0.15) is 0 Å². The second kappa shape index (κ2) is 8.37. The highest BCUT2D eigenvalue weighted by molar-refractivity contribution is 6.15. The predicted octanol–water partition coefficient (Wildman–Crippen LogP) is 1.94. The van der Waals surface area contributed by atoms with Gasteiger partial charge in [-0.1, -0.05) is 13.0 Å². The maximum absolute atomic E-state index is 12.3. The number of hydrogen-bond donors (Lipinski definition) is 1. The van der Waals surface area contributed by atoms with Gasteiger partial charge in [0.25, 0.3) is 5.91 Å². The average Bonchev–Trinajstić information content (AvgIpc) is 2.89. The van der Waals surface area contributed by atoms with Crippen LogP contribution in [-0.4, -0.2) is 49.7 Å². The molecule has 1 aliphatic heterocycles. The van der Waals surface area contributed by atoms with Gasteiger partial charge in [-0.15, -0.1) is 0 Å². The molecule has 8 nitrogen and oxygen atoms in total. The van der Waals surface area contributed by atoms with Crippen molar-refractivity contribution in [1.29, 1.82) is 0 Å². The molecule has 0 aliphatic carbocycles. The van der Waals surface area contributed by atoms with Crippen LogP contribution in [-0.2, 0) is 14.3 Å². The molecule has 0 bridgehead atoms. The number of amides is 3. The van der Waals surface area contributed by atoms with Crippen LogP contribution in [0, 0.1) is 0 Å². The van der Waals surface area contributed by atoms with E-state index in [2.05, 4.69) is 10.1 Å². The van der Waals surface area contributed by atoms with Gasteiger partial charge in [0.15, 0.2) is 11.5 Å². The Kier molecular flexibility index (Phi) is 6.21. The van der Waals surface area contributed by atoms with Crippen molar-refractivity contribution in [3.05, 3.63) is 29.5 Å². The normalized spacial score (nSPS) is 16.5. The summed E-state index contributed by atoms with van der Waals surface area (Å²) in [5, 5.41) is 2.44. The van der Waals surface area contributed by atoms with E-state index in [0.717, 1.165) is 11.3 Å². The van der Waals surface area contributed by atoms with E-state index in [1.54, 1.807) is 18.2 Å². The van der Waals surface area contributed by atoms with Crippen LogP contribution >= 0.6 is 0 Å².